The van der Waals surface area contributed by atoms with Gasteiger partial charge in [-0.3, -0.25) is 0 Å². The second-order valence-corrected chi connectivity index (χ2v) is 4.08. The molecule has 0 aliphatic rings. The number of hydrogen-bond acceptors (Lipinski definition) is 1. The number of halogens is 2. The summed E-state index contributed by atoms with van der Waals surface area (Å²) in [4.78, 5) is 2.67. The Balaban J connectivity index is 2.56. The molecule has 0 heterocycles. The fourth-order valence-electron chi connectivity index (χ4n) is 1.01. The zero-order chi connectivity index (χ0) is 11.1. The lowest BCUT2D eigenvalue weighted by Crippen LogP contribution is -1.76. The molecule has 0 aromatic heterocycles. The third-order valence-corrected chi connectivity index (χ3v) is 2.95. The number of nitrogens with zero attached hydrogens (tertiary/aromatic N) is 3. The van der Waals surface area contributed by atoms with Gasteiger partial charge in [0.05, 0.1) is 5.02 Å². The monoisotopic (exact) mass is 285 g/mol. The van der Waals surface area contributed by atoms with E-state index in [2.05, 4.69) is 26.0 Å². The van der Waals surface area contributed by atoms with Crippen molar-refractivity contribution in [1.29, 1.82) is 0 Å². The van der Waals surface area contributed by atoms with Crippen molar-refractivity contribution in [1.82, 2.24) is 0 Å². The normalized spacial score (nSPS) is 10.3. The molecule has 15 heavy (non-hydrogen) atoms. The minimum Gasteiger partial charge on any atom is -0.0937 e. The zero-order valence-corrected chi connectivity index (χ0v) is 10.2. The van der Waals surface area contributed by atoms with Crippen molar-refractivity contribution >= 4 is 33.6 Å². The summed E-state index contributed by atoms with van der Waals surface area (Å²) < 4.78 is 0.885. The Kier molecular flexibility index (Phi) is 5.26. The third-order valence-electron chi connectivity index (χ3n) is 1.71. The molecule has 0 N–H and O–H groups in total. The number of benzene rings is 1. The molecular weight excluding hydrogens is 277 g/mol. The second kappa shape index (κ2) is 6.51. The zero-order valence-electron chi connectivity index (χ0n) is 7.90. The van der Waals surface area contributed by atoms with Gasteiger partial charge in [0.1, 0.15) is 0 Å². The standard InChI is InChI=1S/C10H9BrClN3/c11-9-5-4-8(7-10(9)12)3-1-2-6-14-15-13/h1,3-5,7H,2,6H2. The van der Waals surface area contributed by atoms with Gasteiger partial charge < -0.3 is 0 Å². The minimum atomic E-state index is 0.483. The van der Waals surface area contributed by atoms with Gasteiger partial charge in [-0.25, -0.2) is 0 Å². The van der Waals surface area contributed by atoms with E-state index in [1.165, 1.54) is 0 Å². The summed E-state index contributed by atoms with van der Waals surface area (Å²) in [5, 5.41) is 4.12. The molecule has 0 saturated carbocycles. The second-order valence-electron chi connectivity index (χ2n) is 2.82. The van der Waals surface area contributed by atoms with Crippen molar-refractivity contribution < 1.29 is 0 Å². The smallest absolute Gasteiger partial charge is 0.0554 e. The van der Waals surface area contributed by atoms with E-state index in [1.54, 1.807) is 0 Å². The van der Waals surface area contributed by atoms with E-state index in [0.717, 1.165) is 16.5 Å². The van der Waals surface area contributed by atoms with Gasteiger partial charge in [0.2, 0.25) is 0 Å². The topological polar surface area (TPSA) is 48.8 Å². The molecule has 0 aliphatic carbocycles. The fraction of sp³-hybridized carbons (Fsp3) is 0.200. The lowest BCUT2D eigenvalue weighted by molar-refractivity contribution is 0.996. The Morgan fingerprint density at radius 3 is 3.00 bits per heavy atom. The molecule has 0 saturated heterocycles. The van der Waals surface area contributed by atoms with Gasteiger partial charge in [0, 0.05) is 15.9 Å². The van der Waals surface area contributed by atoms with Crippen molar-refractivity contribution in [3.63, 3.8) is 0 Å². The van der Waals surface area contributed by atoms with E-state index >= 15 is 0 Å². The van der Waals surface area contributed by atoms with Crippen molar-refractivity contribution in [2.45, 2.75) is 6.42 Å². The lowest BCUT2D eigenvalue weighted by Gasteiger charge is -1.97. The summed E-state index contributed by atoms with van der Waals surface area (Å²) in [6.45, 7) is 0.483. The van der Waals surface area contributed by atoms with Gasteiger partial charge in [-0.1, -0.05) is 34.9 Å². The first-order valence-corrected chi connectivity index (χ1v) is 5.53. The summed E-state index contributed by atoms with van der Waals surface area (Å²) in [5.41, 5.74) is 9.09. The van der Waals surface area contributed by atoms with Crippen molar-refractivity contribution in [2.75, 3.05) is 6.54 Å². The van der Waals surface area contributed by atoms with Gasteiger partial charge in [0.15, 0.2) is 0 Å². The number of hydrogen-bond donors (Lipinski definition) is 0. The summed E-state index contributed by atoms with van der Waals surface area (Å²) >= 11 is 9.25. The van der Waals surface area contributed by atoms with Crippen molar-refractivity contribution in [3.8, 4) is 0 Å². The predicted octanol–water partition coefficient (Wildman–Crippen LogP) is 4.82. The van der Waals surface area contributed by atoms with Crippen LogP contribution in [0.1, 0.15) is 12.0 Å². The molecule has 0 unspecified atom stereocenters. The molecule has 0 atom stereocenters. The summed E-state index contributed by atoms with van der Waals surface area (Å²) in [7, 11) is 0. The summed E-state index contributed by atoms with van der Waals surface area (Å²) in [6.07, 6.45) is 4.64. The van der Waals surface area contributed by atoms with E-state index in [4.69, 9.17) is 17.1 Å². The van der Waals surface area contributed by atoms with Gasteiger partial charge in [-0.05, 0) is 45.6 Å². The van der Waals surface area contributed by atoms with E-state index in [9.17, 15) is 0 Å². The first-order valence-electron chi connectivity index (χ1n) is 4.36. The number of rotatable bonds is 4. The molecule has 5 heteroatoms. The molecular formula is C10H9BrClN3. The van der Waals surface area contributed by atoms with Crippen LogP contribution in [0.4, 0.5) is 0 Å². The number of azide groups is 1. The average Bonchev–Trinajstić information content (AvgIpc) is 2.23. The highest BCUT2D eigenvalue weighted by Gasteiger charge is 1.95. The van der Waals surface area contributed by atoms with Crippen LogP contribution in [0.5, 0.6) is 0 Å². The highest BCUT2D eigenvalue weighted by atomic mass is 79.9. The molecule has 0 amide bonds. The summed E-state index contributed by atoms with van der Waals surface area (Å²) in [5.74, 6) is 0. The molecule has 0 fully saturated rings. The molecule has 0 spiro atoms. The Bertz CT molecular complexity index is 411. The van der Waals surface area contributed by atoms with Crippen LogP contribution in [-0.4, -0.2) is 6.54 Å². The maximum atomic E-state index is 8.06. The van der Waals surface area contributed by atoms with Crippen LogP contribution in [0.2, 0.25) is 5.02 Å². The maximum absolute atomic E-state index is 8.06. The largest absolute Gasteiger partial charge is 0.0937 e. The highest BCUT2D eigenvalue weighted by Crippen LogP contribution is 2.23. The van der Waals surface area contributed by atoms with E-state index < -0.39 is 0 Å². The van der Waals surface area contributed by atoms with Crippen LogP contribution in [-0.2, 0) is 0 Å². The van der Waals surface area contributed by atoms with Gasteiger partial charge in [0.25, 0.3) is 0 Å². The fourth-order valence-corrected chi connectivity index (χ4v) is 1.45. The Labute approximate surface area is 102 Å². The Morgan fingerprint density at radius 2 is 2.33 bits per heavy atom. The first-order chi connectivity index (χ1) is 7.24. The Morgan fingerprint density at radius 1 is 1.53 bits per heavy atom. The molecule has 3 nitrogen and oxygen atoms in total. The van der Waals surface area contributed by atoms with Crippen LogP contribution in [0, 0.1) is 0 Å². The van der Waals surface area contributed by atoms with Gasteiger partial charge >= 0.3 is 0 Å². The molecule has 1 aromatic carbocycles. The predicted molar refractivity (Wildman–Crippen MR) is 66.8 cm³/mol. The van der Waals surface area contributed by atoms with Crippen LogP contribution < -0.4 is 0 Å². The quantitative estimate of drug-likeness (QED) is 0.330. The van der Waals surface area contributed by atoms with E-state index in [-0.39, 0.29) is 0 Å². The van der Waals surface area contributed by atoms with Crippen molar-refractivity contribution in [3.05, 3.63) is 49.8 Å². The lowest BCUT2D eigenvalue weighted by atomic mass is 10.2. The van der Waals surface area contributed by atoms with E-state index in [1.807, 2.05) is 30.4 Å². The van der Waals surface area contributed by atoms with Crippen molar-refractivity contribution in [2.24, 2.45) is 5.11 Å². The molecule has 0 bridgehead atoms. The SMILES string of the molecule is [N-]=[N+]=NCCC=Cc1ccc(Br)c(Cl)c1. The van der Waals surface area contributed by atoms with Crippen LogP contribution in [0.15, 0.2) is 33.9 Å². The minimum absolute atomic E-state index is 0.483. The van der Waals surface area contributed by atoms with E-state index in [0.29, 0.717) is 11.6 Å². The molecule has 1 aromatic rings. The highest BCUT2D eigenvalue weighted by molar-refractivity contribution is 9.10. The molecule has 78 valence electrons. The first kappa shape index (κ1) is 12.1. The molecule has 0 radical (unpaired) electrons. The summed E-state index contributed by atoms with van der Waals surface area (Å²) in [6, 6.07) is 5.73. The third kappa shape index (κ3) is 4.38. The van der Waals surface area contributed by atoms with Gasteiger partial charge in [-0.15, -0.1) is 0 Å². The Hall–Kier alpha value is -0.960. The average molecular weight is 287 g/mol. The molecule has 1 rings (SSSR count). The van der Waals surface area contributed by atoms with Crippen LogP contribution in [0.3, 0.4) is 0 Å². The van der Waals surface area contributed by atoms with Gasteiger partial charge in [-0.2, -0.15) is 0 Å². The maximum Gasteiger partial charge on any atom is 0.0554 e. The van der Waals surface area contributed by atoms with Crippen LogP contribution in [0.25, 0.3) is 16.5 Å². The molecule has 0 aliphatic heterocycles. The van der Waals surface area contributed by atoms with Crippen LogP contribution >= 0.6 is 27.5 Å².